The smallest absolute Gasteiger partial charge is 0.217 e. The molecule has 9 nitrogen and oxygen atoms in total. The van der Waals surface area contributed by atoms with Crippen LogP contribution in [0.3, 0.4) is 0 Å². The fourth-order valence-electron chi connectivity index (χ4n) is 4.20. The van der Waals surface area contributed by atoms with Gasteiger partial charge in [0, 0.05) is 59.5 Å². The third-order valence-electron chi connectivity index (χ3n) is 5.94. The summed E-state index contributed by atoms with van der Waals surface area (Å²) < 4.78 is 0. The molecule has 170 valence electrons. The van der Waals surface area contributed by atoms with Crippen LogP contribution >= 0.6 is 0 Å². The van der Waals surface area contributed by atoms with E-state index in [9.17, 15) is 4.79 Å². The third-order valence-corrected chi connectivity index (χ3v) is 5.94. The SMILES string of the molecule is NC(=O)CCc1cncc(-c2ccc3[nH]nc(-c4nc5c(-c6cccnc6)cncc5[nH]4)c3c2)c1. The van der Waals surface area contributed by atoms with Crippen LogP contribution in [0.15, 0.2) is 73.6 Å². The zero-order chi connectivity index (χ0) is 23.8. The van der Waals surface area contributed by atoms with Gasteiger partial charge in [0.15, 0.2) is 5.82 Å². The van der Waals surface area contributed by atoms with Crippen molar-refractivity contribution in [3.63, 3.8) is 0 Å². The van der Waals surface area contributed by atoms with E-state index in [4.69, 9.17) is 10.7 Å². The van der Waals surface area contributed by atoms with E-state index < -0.39 is 0 Å². The number of primary amides is 1. The third kappa shape index (κ3) is 3.89. The number of nitrogens with two attached hydrogens (primary N) is 1. The van der Waals surface area contributed by atoms with Crippen LogP contribution in [0.5, 0.6) is 0 Å². The minimum Gasteiger partial charge on any atom is -0.370 e. The summed E-state index contributed by atoms with van der Waals surface area (Å²) in [5.74, 6) is 0.322. The molecule has 6 rings (SSSR count). The highest BCUT2D eigenvalue weighted by molar-refractivity contribution is 5.98. The van der Waals surface area contributed by atoms with Crippen molar-refractivity contribution in [1.82, 2.24) is 35.1 Å². The number of aromatic amines is 2. The Morgan fingerprint density at radius 2 is 1.77 bits per heavy atom. The zero-order valence-corrected chi connectivity index (χ0v) is 18.6. The number of nitrogens with one attached hydrogen (secondary N) is 2. The highest BCUT2D eigenvalue weighted by Gasteiger charge is 2.16. The van der Waals surface area contributed by atoms with Crippen molar-refractivity contribution in [2.24, 2.45) is 5.73 Å². The first-order valence-corrected chi connectivity index (χ1v) is 11.1. The van der Waals surface area contributed by atoms with Crippen LogP contribution in [0.2, 0.25) is 0 Å². The Morgan fingerprint density at radius 3 is 2.63 bits per heavy atom. The van der Waals surface area contributed by atoms with Crippen LogP contribution in [0.25, 0.3) is 55.7 Å². The van der Waals surface area contributed by atoms with Gasteiger partial charge in [0.1, 0.15) is 11.2 Å². The second-order valence-corrected chi connectivity index (χ2v) is 8.29. The van der Waals surface area contributed by atoms with Crippen molar-refractivity contribution in [1.29, 1.82) is 0 Å². The Hall–Kier alpha value is -4.92. The van der Waals surface area contributed by atoms with E-state index in [2.05, 4.69) is 36.2 Å². The minimum absolute atomic E-state index is 0.290. The molecule has 0 fully saturated rings. The van der Waals surface area contributed by atoms with Gasteiger partial charge >= 0.3 is 0 Å². The number of nitrogens with zero attached hydrogens (tertiary/aromatic N) is 5. The summed E-state index contributed by atoms with van der Waals surface area (Å²) in [7, 11) is 0. The lowest BCUT2D eigenvalue weighted by Crippen LogP contribution is -2.11. The number of aromatic nitrogens is 7. The van der Waals surface area contributed by atoms with Crippen molar-refractivity contribution < 1.29 is 4.79 Å². The molecule has 5 heterocycles. The van der Waals surface area contributed by atoms with Gasteiger partial charge in [0.2, 0.25) is 5.91 Å². The number of benzene rings is 1. The number of aryl methyl sites for hydroxylation is 1. The molecule has 0 aliphatic carbocycles. The molecule has 4 N–H and O–H groups in total. The molecule has 1 aromatic carbocycles. The molecule has 0 saturated heterocycles. The molecule has 0 radical (unpaired) electrons. The molecule has 0 atom stereocenters. The van der Waals surface area contributed by atoms with Crippen LogP contribution in [-0.2, 0) is 11.2 Å². The maximum atomic E-state index is 11.2. The molecule has 35 heavy (non-hydrogen) atoms. The first-order valence-electron chi connectivity index (χ1n) is 11.1. The number of H-pyrrole nitrogens is 2. The van der Waals surface area contributed by atoms with E-state index in [1.807, 2.05) is 36.5 Å². The van der Waals surface area contributed by atoms with Gasteiger partial charge in [-0.15, -0.1) is 0 Å². The van der Waals surface area contributed by atoms with Crippen LogP contribution in [0, 0.1) is 0 Å². The number of amides is 1. The molecule has 0 spiro atoms. The standard InChI is InChI=1S/C26H20N8O/c27-23(35)6-3-15-8-18(12-29-10-15)16-4-5-21-19(9-16)25(34-33-21)26-31-22-14-30-13-20(24(22)32-26)17-2-1-7-28-11-17/h1-2,4-5,7-14H,3,6H2,(H2,27,35)(H,31,32)(H,33,34). The van der Waals surface area contributed by atoms with Crippen molar-refractivity contribution >= 4 is 27.8 Å². The lowest BCUT2D eigenvalue weighted by Gasteiger charge is -2.05. The van der Waals surface area contributed by atoms with Crippen molar-refractivity contribution in [3.05, 3.63) is 79.1 Å². The lowest BCUT2D eigenvalue weighted by atomic mass is 10.0. The maximum absolute atomic E-state index is 11.2. The molecule has 0 saturated carbocycles. The van der Waals surface area contributed by atoms with Gasteiger partial charge in [-0.3, -0.25) is 24.8 Å². The van der Waals surface area contributed by atoms with Gasteiger partial charge in [0.25, 0.3) is 0 Å². The lowest BCUT2D eigenvalue weighted by molar-refractivity contribution is -0.117. The normalized spacial score (nSPS) is 11.3. The second-order valence-electron chi connectivity index (χ2n) is 8.29. The second kappa shape index (κ2) is 8.45. The Kier molecular flexibility index (Phi) is 4.99. The van der Waals surface area contributed by atoms with Crippen molar-refractivity contribution in [3.8, 4) is 33.8 Å². The maximum Gasteiger partial charge on any atom is 0.217 e. The number of rotatable bonds is 6. The number of carbonyl (C=O) groups is 1. The fraction of sp³-hybridized carbons (Fsp3) is 0.0769. The number of carbonyl (C=O) groups excluding carboxylic acids is 1. The number of hydrogen-bond donors (Lipinski definition) is 3. The molecule has 6 aromatic rings. The zero-order valence-electron chi connectivity index (χ0n) is 18.6. The molecule has 0 unspecified atom stereocenters. The molecule has 1 amide bonds. The van der Waals surface area contributed by atoms with Crippen LogP contribution in [0.4, 0.5) is 0 Å². The highest BCUT2D eigenvalue weighted by Crippen LogP contribution is 2.32. The van der Waals surface area contributed by atoms with Gasteiger partial charge in [0.05, 0.1) is 17.2 Å². The average molecular weight is 461 g/mol. The van der Waals surface area contributed by atoms with Crippen LogP contribution < -0.4 is 5.73 Å². The average Bonchev–Trinajstić information content (AvgIpc) is 3.51. The summed E-state index contributed by atoms with van der Waals surface area (Å²) >= 11 is 0. The molecule has 0 aliphatic rings. The van der Waals surface area contributed by atoms with Crippen LogP contribution in [-0.4, -0.2) is 41.0 Å². The highest BCUT2D eigenvalue weighted by atomic mass is 16.1. The van der Waals surface area contributed by atoms with Gasteiger partial charge in [-0.2, -0.15) is 5.10 Å². The van der Waals surface area contributed by atoms with E-state index in [0.29, 0.717) is 17.9 Å². The number of pyridine rings is 3. The Morgan fingerprint density at radius 1 is 0.886 bits per heavy atom. The minimum atomic E-state index is -0.326. The molecule has 9 heteroatoms. The van der Waals surface area contributed by atoms with Crippen molar-refractivity contribution in [2.75, 3.05) is 0 Å². The fourth-order valence-corrected chi connectivity index (χ4v) is 4.20. The molecule has 0 aliphatic heterocycles. The largest absolute Gasteiger partial charge is 0.370 e. The summed E-state index contributed by atoms with van der Waals surface area (Å²) in [5, 5.41) is 8.57. The van der Waals surface area contributed by atoms with Gasteiger partial charge < -0.3 is 10.7 Å². The number of fused-ring (bicyclic) bond motifs is 2. The number of imidazole rings is 1. The Bertz CT molecular complexity index is 1690. The molecular formula is C26H20N8O. The summed E-state index contributed by atoms with van der Waals surface area (Å²) in [5.41, 5.74) is 13.3. The van der Waals surface area contributed by atoms with E-state index in [-0.39, 0.29) is 12.3 Å². The van der Waals surface area contributed by atoms with E-state index in [0.717, 1.165) is 49.8 Å². The van der Waals surface area contributed by atoms with Crippen LogP contribution in [0.1, 0.15) is 12.0 Å². The quantitative estimate of drug-likeness (QED) is 0.343. The number of hydrogen-bond acceptors (Lipinski definition) is 6. The first kappa shape index (κ1) is 20.7. The molecule has 0 bridgehead atoms. The topological polar surface area (TPSA) is 139 Å². The Labute approximate surface area is 199 Å². The summed E-state index contributed by atoms with van der Waals surface area (Å²) in [4.78, 5) is 32.3. The predicted octanol–water partition coefficient (Wildman–Crippen LogP) is 4.04. The predicted molar refractivity (Wildman–Crippen MR) is 133 cm³/mol. The first-order chi connectivity index (χ1) is 17.2. The molecular weight excluding hydrogens is 440 g/mol. The summed E-state index contributed by atoms with van der Waals surface area (Å²) in [6.07, 6.45) is 11.5. The summed E-state index contributed by atoms with van der Waals surface area (Å²) in [6.45, 7) is 0. The Balaban J connectivity index is 1.42. The molecule has 5 aromatic heterocycles. The monoisotopic (exact) mass is 460 g/mol. The van der Waals surface area contributed by atoms with E-state index in [1.165, 1.54) is 0 Å². The van der Waals surface area contributed by atoms with Gasteiger partial charge in [-0.1, -0.05) is 12.1 Å². The summed E-state index contributed by atoms with van der Waals surface area (Å²) in [6, 6.07) is 12.0. The van der Waals surface area contributed by atoms with Gasteiger partial charge in [-0.25, -0.2) is 4.98 Å². The van der Waals surface area contributed by atoms with E-state index >= 15 is 0 Å². The van der Waals surface area contributed by atoms with Gasteiger partial charge in [-0.05, 0) is 41.8 Å². The van der Waals surface area contributed by atoms with Crippen molar-refractivity contribution in [2.45, 2.75) is 12.8 Å². The van der Waals surface area contributed by atoms with E-state index in [1.54, 1.807) is 31.0 Å².